The first-order valence-electron chi connectivity index (χ1n) is 6.84. The number of nitrogens with one attached hydrogen (secondary N) is 2. The molecule has 0 bridgehead atoms. The molecule has 0 saturated heterocycles. The van der Waals surface area contributed by atoms with Crippen molar-refractivity contribution in [2.75, 3.05) is 13.1 Å². The highest BCUT2D eigenvalue weighted by molar-refractivity contribution is 5.82. The Morgan fingerprint density at radius 3 is 1.42 bits per heavy atom. The zero-order valence-corrected chi connectivity index (χ0v) is 12.4. The molecule has 0 spiro atoms. The van der Waals surface area contributed by atoms with Crippen LogP contribution in [0, 0.1) is 11.8 Å². The van der Waals surface area contributed by atoms with E-state index < -0.39 is 12.1 Å². The van der Waals surface area contributed by atoms with Crippen molar-refractivity contribution in [2.24, 2.45) is 23.3 Å². The van der Waals surface area contributed by atoms with Crippen molar-refractivity contribution in [3.05, 3.63) is 0 Å². The van der Waals surface area contributed by atoms with Crippen molar-refractivity contribution in [1.82, 2.24) is 10.6 Å². The van der Waals surface area contributed by atoms with E-state index in [1.807, 2.05) is 27.7 Å². The number of hydrogen-bond acceptors (Lipinski definition) is 4. The summed E-state index contributed by atoms with van der Waals surface area (Å²) < 4.78 is 0. The minimum atomic E-state index is -0.482. The van der Waals surface area contributed by atoms with Gasteiger partial charge in [0, 0.05) is 13.1 Å². The van der Waals surface area contributed by atoms with Crippen LogP contribution in [-0.4, -0.2) is 37.0 Å². The lowest BCUT2D eigenvalue weighted by Crippen LogP contribution is -2.46. The molecule has 0 aromatic rings. The summed E-state index contributed by atoms with van der Waals surface area (Å²) in [6, 6.07) is -0.965. The fourth-order valence-corrected chi connectivity index (χ4v) is 1.35. The summed E-state index contributed by atoms with van der Waals surface area (Å²) in [6.45, 7) is 8.60. The summed E-state index contributed by atoms with van der Waals surface area (Å²) in [4.78, 5) is 23.1. The third-order valence-corrected chi connectivity index (χ3v) is 2.99. The van der Waals surface area contributed by atoms with E-state index in [0.29, 0.717) is 19.5 Å². The highest BCUT2D eigenvalue weighted by Gasteiger charge is 2.17. The first kappa shape index (κ1) is 17.9. The fourth-order valence-electron chi connectivity index (χ4n) is 1.35. The van der Waals surface area contributed by atoms with E-state index in [-0.39, 0.29) is 23.7 Å². The molecule has 6 nitrogen and oxygen atoms in total. The van der Waals surface area contributed by atoms with Gasteiger partial charge in [0.2, 0.25) is 11.8 Å². The van der Waals surface area contributed by atoms with Crippen LogP contribution in [0.15, 0.2) is 0 Å². The molecule has 0 saturated carbocycles. The van der Waals surface area contributed by atoms with E-state index in [1.165, 1.54) is 0 Å². The monoisotopic (exact) mass is 272 g/mol. The van der Waals surface area contributed by atoms with Gasteiger partial charge in [0.05, 0.1) is 12.1 Å². The van der Waals surface area contributed by atoms with Gasteiger partial charge in [-0.25, -0.2) is 0 Å². The number of carbonyl (C=O) groups excluding carboxylic acids is 2. The number of hydrogen-bond donors (Lipinski definition) is 4. The van der Waals surface area contributed by atoms with Gasteiger partial charge in [-0.1, -0.05) is 27.7 Å². The molecule has 19 heavy (non-hydrogen) atoms. The van der Waals surface area contributed by atoms with Crippen molar-refractivity contribution in [2.45, 2.75) is 46.2 Å². The number of carbonyl (C=O) groups is 2. The molecule has 0 unspecified atom stereocenters. The first-order chi connectivity index (χ1) is 8.77. The summed E-state index contributed by atoms with van der Waals surface area (Å²) in [6.07, 6.45) is 0.660. The van der Waals surface area contributed by atoms with Crippen LogP contribution in [0.5, 0.6) is 0 Å². The van der Waals surface area contributed by atoms with Crippen LogP contribution in [-0.2, 0) is 9.59 Å². The largest absolute Gasteiger partial charge is 0.355 e. The summed E-state index contributed by atoms with van der Waals surface area (Å²) in [5.41, 5.74) is 11.4. The highest BCUT2D eigenvalue weighted by Crippen LogP contribution is 1.98. The van der Waals surface area contributed by atoms with Crippen LogP contribution in [0.25, 0.3) is 0 Å². The maximum absolute atomic E-state index is 11.5. The SMILES string of the molecule is CC(C)[C@@H](N)C(=O)NCCCNC(=O)[C@H](N)C(C)C. The Morgan fingerprint density at radius 1 is 0.842 bits per heavy atom. The zero-order valence-electron chi connectivity index (χ0n) is 12.4. The molecule has 0 heterocycles. The lowest BCUT2D eigenvalue weighted by molar-refractivity contribution is -0.123. The van der Waals surface area contributed by atoms with Crippen molar-refractivity contribution in [3.63, 3.8) is 0 Å². The average Bonchev–Trinajstić information content (AvgIpc) is 2.35. The Labute approximate surface area is 115 Å². The molecule has 0 aliphatic carbocycles. The van der Waals surface area contributed by atoms with Gasteiger partial charge in [-0.3, -0.25) is 9.59 Å². The fraction of sp³-hybridized carbons (Fsp3) is 0.846. The Morgan fingerprint density at radius 2 is 1.16 bits per heavy atom. The normalized spacial score (nSPS) is 14.3. The average molecular weight is 272 g/mol. The van der Waals surface area contributed by atoms with Crippen molar-refractivity contribution in [3.8, 4) is 0 Å². The minimum absolute atomic E-state index is 0.115. The number of nitrogens with two attached hydrogens (primary N) is 2. The van der Waals surface area contributed by atoms with E-state index in [9.17, 15) is 9.59 Å². The zero-order chi connectivity index (χ0) is 15.0. The third-order valence-electron chi connectivity index (χ3n) is 2.99. The van der Waals surface area contributed by atoms with E-state index >= 15 is 0 Å². The first-order valence-corrected chi connectivity index (χ1v) is 6.84. The van der Waals surface area contributed by atoms with Gasteiger partial charge >= 0.3 is 0 Å². The van der Waals surface area contributed by atoms with Crippen molar-refractivity contribution in [1.29, 1.82) is 0 Å². The van der Waals surface area contributed by atoms with E-state index in [2.05, 4.69) is 10.6 Å². The van der Waals surface area contributed by atoms with E-state index in [4.69, 9.17) is 11.5 Å². The number of rotatable bonds is 8. The van der Waals surface area contributed by atoms with Gasteiger partial charge in [-0.05, 0) is 18.3 Å². The van der Waals surface area contributed by atoms with Gasteiger partial charge < -0.3 is 22.1 Å². The van der Waals surface area contributed by atoms with Crippen LogP contribution in [0.2, 0.25) is 0 Å². The van der Waals surface area contributed by atoms with E-state index in [0.717, 1.165) is 0 Å². The van der Waals surface area contributed by atoms with Crippen LogP contribution in [0.4, 0.5) is 0 Å². The second-order valence-electron chi connectivity index (χ2n) is 5.48. The molecule has 0 rings (SSSR count). The van der Waals surface area contributed by atoms with Gasteiger partial charge in [0.1, 0.15) is 0 Å². The molecule has 6 heteroatoms. The number of amides is 2. The van der Waals surface area contributed by atoms with Crippen LogP contribution >= 0.6 is 0 Å². The quantitative estimate of drug-likeness (QED) is 0.450. The molecular weight excluding hydrogens is 244 g/mol. The maximum Gasteiger partial charge on any atom is 0.237 e. The van der Waals surface area contributed by atoms with Gasteiger partial charge in [-0.2, -0.15) is 0 Å². The molecule has 0 aliphatic heterocycles. The van der Waals surface area contributed by atoms with Gasteiger partial charge in [-0.15, -0.1) is 0 Å². The van der Waals surface area contributed by atoms with Gasteiger partial charge in [0.15, 0.2) is 0 Å². The maximum atomic E-state index is 11.5. The molecule has 2 amide bonds. The second kappa shape index (κ2) is 8.87. The van der Waals surface area contributed by atoms with Crippen LogP contribution in [0.1, 0.15) is 34.1 Å². The summed E-state index contributed by atoms with van der Waals surface area (Å²) in [5.74, 6) is -0.0760. The smallest absolute Gasteiger partial charge is 0.237 e. The van der Waals surface area contributed by atoms with Crippen molar-refractivity contribution < 1.29 is 9.59 Å². The summed E-state index contributed by atoms with van der Waals surface area (Å²) >= 11 is 0. The van der Waals surface area contributed by atoms with Crippen LogP contribution < -0.4 is 22.1 Å². The second-order valence-corrected chi connectivity index (χ2v) is 5.48. The Kier molecular flexibility index (Phi) is 8.34. The molecule has 0 aliphatic rings. The predicted octanol–water partition coefficient (Wildman–Crippen LogP) is -0.424. The minimum Gasteiger partial charge on any atom is -0.355 e. The van der Waals surface area contributed by atoms with E-state index in [1.54, 1.807) is 0 Å². The lowest BCUT2D eigenvalue weighted by Gasteiger charge is -2.16. The predicted molar refractivity (Wildman–Crippen MR) is 76.3 cm³/mol. The molecular formula is C13H28N4O2. The third kappa shape index (κ3) is 7.12. The highest BCUT2D eigenvalue weighted by atomic mass is 16.2. The molecule has 2 atom stereocenters. The molecule has 0 aromatic carbocycles. The van der Waals surface area contributed by atoms with Gasteiger partial charge in [0.25, 0.3) is 0 Å². The molecule has 0 fully saturated rings. The standard InChI is InChI=1S/C13H28N4O2/c1-8(2)10(14)12(18)16-6-5-7-17-13(19)11(15)9(3)4/h8-11H,5-7,14-15H2,1-4H3,(H,16,18)(H,17,19)/t10-,11-/m1/s1. The topological polar surface area (TPSA) is 110 Å². The molecule has 0 radical (unpaired) electrons. The summed E-state index contributed by atoms with van der Waals surface area (Å²) in [7, 11) is 0. The summed E-state index contributed by atoms with van der Waals surface area (Å²) in [5, 5.41) is 5.49. The molecule has 112 valence electrons. The van der Waals surface area contributed by atoms with Crippen LogP contribution in [0.3, 0.4) is 0 Å². The Hall–Kier alpha value is -1.14. The molecule has 6 N–H and O–H groups in total. The molecule has 0 aromatic heterocycles. The Bertz CT molecular complexity index is 264. The van der Waals surface area contributed by atoms with Crippen molar-refractivity contribution >= 4 is 11.8 Å². The Balaban J connectivity index is 3.71. The lowest BCUT2D eigenvalue weighted by atomic mass is 10.0.